The molecular formula is C18H26BrNO2. The van der Waals surface area contributed by atoms with Gasteiger partial charge in [-0.15, -0.1) is 0 Å². The number of aromatic hydroxyl groups is 1. The van der Waals surface area contributed by atoms with Crippen LogP contribution in [-0.4, -0.2) is 33.8 Å². The molecule has 1 aromatic carbocycles. The SMILES string of the molecule is CC(C)(C)c1cc(C(=O)N2CC(Br)C2)cc(C(C)(C)C)c1O. The average molecular weight is 368 g/mol. The zero-order chi connectivity index (χ0) is 16.9. The molecular weight excluding hydrogens is 342 g/mol. The first-order valence-corrected chi connectivity index (χ1v) is 8.64. The molecule has 0 unspecified atom stereocenters. The standard InChI is InChI=1S/C18H26BrNO2/c1-17(2,3)13-7-11(16(22)20-9-12(19)10-20)8-14(15(13)21)18(4,5)6/h7-8,12,21H,9-10H2,1-6H3. The Balaban J connectivity index is 2.53. The van der Waals surface area contributed by atoms with Crippen LogP contribution >= 0.6 is 15.9 Å². The highest BCUT2D eigenvalue weighted by molar-refractivity contribution is 9.09. The predicted octanol–water partition coefficient (Wildman–Crippen LogP) is 4.21. The molecule has 1 N–H and O–H groups in total. The molecule has 0 aromatic heterocycles. The van der Waals surface area contributed by atoms with Crippen LogP contribution in [0.2, 0.25) is 0 Å². The van der Waals surface area contributed by atoms with Crippen LogP contribution in [0, 0.1) is 0 Å². The largest absolute Gasteiger partial charge is 0.507 e. The van der Waals surface area contributed by atoms with Crippen LogP contribution in [0.1, 0.15) is 63.0 Å². The molecule has 0 spiro atoms. The summed E-state index contributed by atoms with van der Waals surface area (Å²) < 4.78 is 0. The smallest absolute Gasteiger partial charge is 0.253 e. The van der Waals surface area contributed by atoms with E-state index in [0.29, 0.717) is 16.1 Å². The number of carbonyl (C=O) groups excluding carboxylic acids is 1. The summed E-state index contributed by atoms with van der Waals surface area (Å²) in [6.45, 7) is 13.8. The number of alkyl halides is 1. The number of phenolic OH excluding ortho intramolecular Hbond substituents is 1. The Hall–Kier alpha value is -1.03. The molecule has 0 aliphatic carbocycles. The molecule has 0 saturated carbocycles. The fourth-order valence-electron chi connectivity index (χ4n) is 2.67. The Morgan fingerprint density at radius 1 is 1.09 bits per heavy atom. The van der Waals surface area contributed by atoms with E-state index in [1.807, 2.05) is 17.0 Å². The summed E-state index contributed by atoms with van der Waals surface area (Å²) in [5.74, 6) is 0.366. The van der Waals surface area contributed by atoms with Crippen LogP contribution in [0.4, 0.5) is 0 Å². The van der Waals surface area contributed by atoms with E-state index in [-0.39, 0.29) is 16.7 Å². The van der Waals surface area contributed by atoms with Gasteiger partial charge in [0.2, 0.25) is 0 Å². The molecule has 3 nitrogen and oxygen atoms in total. The molecule has 4 heteroatoms. The summed E-state index contributed by atoms with van der Waals surface area (Å²) in [7, 11) is 0. The summed E-state index contributed by atoms with van der Waals surface area (Å²) in [6, 6.07) is 3.71. The van der Waals surface area contributed by atoms with E-state index < -0.39 is 0 Å². The third kappa shape index (κ3) is 3.32. The van der Waals surface area contributed by atoms with Crippen molar-refractivity contribution in [3.8, 4) is 5.75 Å². The van der Waals surface area contributed by atoms with Crippen LogP contribution in [0.3, 0.4) is 0 Å². The van der Waals surface area contributed by atoms with Crippen LogP contribution < -0.4 is 0 Å². The third-order valence-electron chi connectivity index (χ3n) is 4.10. The van der Waals surface area contributed by atoms with Crippen molar-refractivity contribution in [1.29, 1.82) is 0 Å². The number of halogens is 1. The molecule has 1 aliphatic heterocycles. The van der Waals surface area contributed by atoms with E-state index in [2.05, 4.69) is 57.5 Å². The van der Waals surface area contributed by atoms with E-state index >= 15 is 0 Å². The quantitative estimate of drug-likeness (QED) is 0.755. The fraction of sp³-hybridized carbons (Fsp3) is 0.611. The Morgan fingerprint density at radius 2 is 1.50 bits per heavy atom. The molecule has 22 heavy (non-hydrogen) atoms. The van der Waals surface area contributed by atoms with Gasteiger partial charge in [0.25, 0.3) is 5.91 Å². The molecule has 2 rings (SSSR count). The highest BCUT2D eigenvalue weighted by Gasteiger charge is 2.32. The minimum Gasteiger partial charge on any atom is -0.507 e. The molecule has 1 saturated heterocycles. The van der Waals surface area contributed by atoms with Crippen LogP contribution in [0.25, 0.3) is 0 Å². The number of carbonyl (C=O) groups is 1. The molecule has 0 bridgehead atoms. The van der Waals surface area contributed by atoms with Crippen LogP contribution in [0.5, 0.6) is 5.75 Å². The second-order valence-corrected chi connectivity index (χ2v) is 9.52. The molecule has 1 aliphatic rings. The average Bonchev–Trinajstić information content (AvgIpc) is 2.31. The highest BCUT2D eigenvalue weighted by atomic mass is 79.9. The monoisotopic (exact) mass is 367 g/mol. The number of nitrogens with zero attached hydrogens (tertiary/aromatic N) is 1. The number of amides is 1. The van der Waals surface area contributed by atoms with Crippen molar-refractivity contribution in [2.75, 3.05) is 13.1 Å². The number of hydrogen-bond acceptors (Lipinski definition) is 2. The molecule has 0 atom stereocenters. The second-order valence-electron chi connectivity index (χ2n) is 8.23. The van der Waals surface area contributed by atoms with Gasteiger partial charge in [-0.05, 0) is 23.0 Å². The maximum absolute atomic E-state index is 12.7. The summed E-state index contributed by atoms with van der Waals surface area (Å²) in [6.07, 6.45) is 0. The first kappa shape index (κ1) is 17.3. The Bertz CT molecular complexity index is 555. The lowest BCUT2D eigenvalue weighted by Crippen LogP contribution is -2.50. The number of likely N-dealkylation sites (tertiary alicyclic amines) is 1. The van der Waals surface area contributed by atoms with E-state index in [0.717, 1.165) is 24.2 Å². The van der Waals surface area contributed by atoms with Gasteiger partial charge in [0, 0.05) is 34.6 Å². The molecule has 1 aromatic rings. The van der Waals surface area contributed by atoms with E-state index in [4.69, 9.17) is 0 Å². The number of phenols is 1. The zero-order valence-corrected chi connectivity index (χ0v) is 15.9. The number of hydrogen-bond donors (Lipinski definition) is 1. The Labute approximate surface area is 141 Å². The van der Waals surface area contributed by atoms with Crippen molar-refractivity contribution >= 4 is 21.8 Å². The van der Waals surface area contributed by atoms with E-state index in [1.165, 1.54) is 0 Å². The lowest BCUT2D eigenvalue weighted by molar-refractivity contribution is 0.0667. The van der Waals surface area contributed by atoms with Gasteiger partial charge in [0.15, 0.2) is 0 Å². The number of benzene rings is 1. The van der Waals surface area contributed by atoms with Gasteiger partial charge < -0.3 is 10.0 Å². The lowest BCUT2D eigenvalue weighted by Gasteiger charge is -2.36. The molecule has 1 fully saturated rings. The van der Waals surface area contributed by atoms with Gasteiger partial charge in [-0.1, -0.05) is 57.5 Å². The van der Waals surface area contributed by atoms with Gasteiger partial charge in [-0.25, -0.2) is 0 Å². The minimum atomic E-state index is -0.215. The van der Waals surface area contributed by atoms with Crippen LogP contribution in [-0.2, 0) is 10.8 Å². The van der Waals surface area contributed by atoms with Crippen molar-refractivity contribution in [1.82, 2.24) is 4.90 Å². The number of rotatable bonds is 1. The summed E-state index contributed by atoms with van der Waals surface area (Å²) in [5, 5.41) is 10.7. The van der Waals surface area contributed by atoms with Crippen molar-refractivity contribution < 1.29 is 9.90 Å². The first-order valence-electron chi connectivity index (χ1n) is 7.72. The van der Waals surface area contributed by atoms with Gasteiger partial charge in [-0.3, -0.25) is 4.79 Å². The minimum absolute atomic E-state index is 0.0479. The summed E-state index contributed by atoms with van der Waals surface area (Å²) >= 11 is 3.51. The van der Waals surface area contributed by atoms with Gasteiger partial charge in [0.1, 0.15) is 5.75 Å². The maximum atomic E-state index is 12.7. The van der Waals surface area contributed by atoms with E-state index in [9.17, 15) is 9.90 Å². The van der Waals surface area contributed by atoms with Gasteiger partial charge in [0.05, 0.1) is 0 Å². The fourth-order valence-corrected chi connectivity index (χ4v) is 3.37. The highest BCUT2D eigenvalue weighted by Crippen LogP contribution is 2.40. The van der Waals surface area contributed by atoms with Crippen molar-refractivity contribution in [2.24, 2.45) is 0 Å². The third-order valence-corrected chi connectivity index (χ3v) is 4.68. The van der Waals surface area contributed by atoms with Gasteiger partial charge >= 0.3 is 0 Å². The van der Waals surface area contributed by atoms with Crippen LogP contribution in [0.15, 0.2) is 12.1 Å². The lowest BCUT2D eigenvalue weighted by atomic mass is 9.78. The summed E-state index contributed by atoms with van der Waals surface area (Å²) in [5.41, 5.74) is 1.91. The second kappa shape index (κ2) is 5.55. The molecule has 1 amide bonds. The molecule has 0 radical (unpaired) electrons. The van der Waals surface area contributed by atoms with Crippen molar-refractivity contribution in [2.45, 2.75) is 57.2 Å². The van der Waals surface area contributed by atoms with E-state index in [1.54, 1.807) is 0 Å². The zero-order valence-electron chi connectivity index (χ0n) is 14.3. The van der Waals surface area contributed by atoms with Gasteiger partial charge in [-0.2, -0.15) is 0 Å². The normalized spacial score (nSPS) is 16.6. The van der Waals surface area contributed by atoms with Crippen molar-refractivity contribution in [3.05, 3.63) is 28.8 Å². The first-order chi connectivity index (χ1) is 9.91. The Kier molecular flexibility index (Phi) is 4.37. The summed E-state index contributed by atoms with van der Waals surface area (Å²) in [4.78, 5) is 14.9. The molecule has 122 valence electrons. The molecule has 1 heterocycles. The van der Waals surface area contributed by atoms with Crippen molar-refractivity contribution in [3.63, 3.8) is 0 Å². The Morgan fingerprint density at radius 3 is 1.82 bits per heavy atom. The predicted molar refractivity (Wildman–Crippen MR) is 94.1 cm³/mol. The topological polar surface area (TPSA) is 40.5 Å². The maximum Gasteiger partial charge on any atom is 0.253 e.